The van der Waals surface area contributed by atoms with Crippen LogP contribution >= 0.6 is 0 Å². The van der Waals surface area contributed by atoms with Gasteiger partial charge in [0.2, 0.25) is 15.9 Å². The van der Waals surface area contributed by atoms with E-state index in [0.717, 1.165) is 31.2 Å². The van der Waals surface area contributed by atoms with Gasteiger partial charge in [0.1, 0.15) is 0 Å². The van der Waals surface area contributed by atoms with Gasteiger partial charge in [-0.1, -0.05) is 43.2 Å². The van der Waals surface area contributed by atoms with Gasteiger partial charge in [0.15, 0.2) is 11.5 Å². The number of likely N-dealkylation sites (tertiary alicyclic amines) is 1. The van der Waals surface area contributed by atoms with Crippen molar-refractivity contribution in [2.45, 2.75) is 37.1 Å². The summed E-state index contributed by atoms with van der Waals surface area (Å²) in [6, 6.07) is 13.8. The Hall–Kier alpha value is -2.58. The van der Waals surface area contributed by atoms with Crippen molar-refractivity contribution in [3.8, 4) is 11.5 Å². The van der Waals surface area contributed by atoms with Gasteiger partial charge in [-0.3, -0.25) is 4.79 Å². The molecule has 1 fully saturated rings. The summed E-state index contributed by atoms with van der Waals surface area (Å²) in [5, 5.41) is 0. The Morgan fingerprint density at radius 3 is 2.19 bits per heavy atom. The van der Waals surface area contributed by atoms with E-state index in [0.29, 0.717) is 24.6 Å². The standard InChI is InChI=1S/C23H30N2O5S/c1-29-21-13-12-20(16-22(21)30-2)31(27,28)25(17-19-10-6-5-7-11-19)18-23(26)24-14-8-3-4-9-15-24/h5-7,10-13,16H,3-4,8-9,14-15,17-18H2,1-2H3. The highest BCUT2D eigenvalue weighted by molar-refractivity contribution is 7.89. The van der Waals surface area contributed by atoms with Gasteiger partial charge in [0, 0.05) is 25.7 Å². The molecular weight excluding hydrogens is 416 g/mol. The van der Waals surface area contributed by atoms with Crippen molar-refractivity contribution in [2.24, 2.45) is 0 Å². The number of carbonyl (C=O) groups excluding carboxylic acids is 1. The number of hydrogen-bond acceptors (Lipinski definition) is 5. The van der Waals surface area contributed by atoms with E-state index >= 15 is 0 Å². The van der Waals surface area contributed by atoms with Gasteiger partial charge in [-0.2, -0.15) is 4.31 Å². The maximum atomic E-state index is 13.5. The summed E-state index contributed by atoms with van der Waals surface area (Å²) in [7, 11) is -0.999. The van der Waals surface area contributed by atoms with Crippen molar-refractivity contribution in [1.82, 2.24) is 9.21 Å². The molecule has 31 heavy (non-hydrogen) atoms. The minimum absolute atomic E-state index is 0.0600. The lowest BCUT2D eigenvalue weighted by molar-refractivity contribution is -0.131. The maximum absolute atomic E-state index is 13.5. The van der Waals surface area contributed by atoms with Gasteiger partial charge in [-0.25, -0.2) is 8.42 Å². The van der Waals surface area contributed by atoms with E-state index in [9.17, 15) is 13.2 Å². The molecule has 1 aliphatic heterocycles. The molecule has 0 aromatic heterocycles. The third-order valence-electron chi connectivity index (χ3n) is 5.46. The summed E-state index contributed by atoms with van der Waals surface area (Å²) in [6.07, 6.45) is 4.10. The smallest absolute Gasteiger partial charge is 0.243 e. The van der Waals surface area contributed by atoms with E-state index in [-0.39, 0.29) is 23.9 Å². The van der Waals surface area contributed by atoms with E-state index in [1.807, 2.05) is 30.3 Å². The van der Waals surface area contributed by atoms with E-state index in [4.69, 9.17) is 9.47 Å². The molecule has 0 N–H and O–H groups in total. The molecular formula is C23H30N2O5S. The summed E-state index contributed by atoms with van der Waals surface area (Å²) in [5.41, 5.74) is 0.815. The first-order chi connectivity index (χ1) is 15.0. The highest BCUT2D eigenvalue weighted by Gasteiger charge is 2.30. The number of sulfonamides is 1. The summed E-state index contributed by atoms with van der Waals surface area (Å²) in [4.78, 5) is 14.9. The van der Waals surface area contributed by atoms with Crippen molar-refractivity contribution < 1.29 is 22.7 Å². The molecule has 168 valence electrons. The Balaban J connectivity index is 1.91. The molecule has 7 nitrogen and oxygen atoms in total. The van der Waals surface area contributed by atoms with Crippen LogP contribution in [0.2, 0.25) is 0 Å². The molecule has 0 unspecified atom stereocenters. The molecule has 0 saturated carbocycles. The third kappa shape index (κ3) is 5.77. The molecule has 1 aliphatic rings. The van der Waals surface area contributed by atoms with Crippen LogP contribution < -0.4 is 9.47 Å². The first-order valence-corrected chi connectivity index (χ1v) is 11.9. The molecule has 1 heterocycles. The van der Waals surface area contributed by atoms with Crippen LogP contribution in [-0.2, 0) is 21.4 Å². The second kappa shape index (κ2) is 10.6. The van der Waals surface area contributed by atoms with Crippen LogP contribution in [-0.4, -0.2) is 57.4 Å². The lowest BCUT2D eigenvalue weighted by Crippen LogP contribution is -2.43. The van der Waals surface area contributed by atoms with Crippen LogP contribution in [0.25, 0.3) is 0 Å². The van der Waals surface area contributed by atoms with Crippen LogP contribution in [0.5, 0.6) is 11.5 Å². The Bertz CT molecular complexity index is 971. The molecule has 1 saturated heterocycles. The summed E-state index contributed by atoms with van der Waals surface area (Å²) in [5.74, 6) is 0.598. The normalized spacial score (nSPS) is 14.9. The number of ether oxygens (including phenoxy) is 2. The lowest BCUT2D eigenvalue weighted by Gasteiger charge is -2.26. The topological polar surface area (TPSA) is 76.2 Å². The maximum Gasteiger partial charge on any atom is 0.243 e. The molecule has 1 amide bonds. The highest BCUT2D eigenvalue weighted by Crippen LogP contribution is 2.31. The number of carbonyl (C=O) groups is 1. The zero-order valence-electron chi connectivity index (χ0n) is 18.1. The molecule has 8 heteroatoms. The van der Waals surface area contributed by atoms with Gasteiger partial charge >= 0.3 is 0 Å². The fourth-order valence-electron chi connectivity index (χ4n) is 3.71. The Morgan fingerprint density at radius 1 is 0.935 bits per heavy atom. The zero-order valence-corrected chi connectivity index (χ0v) is 18.9. The fraction of sp³-hybridized carbons (Fsp3) is 0.435. The number of rotatable bonds is 8. The van der Waals surface area contributed by atoms with E-state index in [2.05, 4.69) is 0 Å². The highest BCUT2D eigenvalue weighted by atomic mass is 32.2. The minimum Gasteiger partial charge on any atom is -0.493 e. The van der Waals surface area contributed by atoms with Crippen LogP contribution in [0.15, 0.2) is 53.4 Å². The average Bonchev–Trinajstić information content (AvgIpc) is 3.08. The van der Waals surface area contributed by atoms with Crippen molar-refractivity contribution >= 4 is 15.9 Å². The number of amides is 1. The molecule has 0 aliphatic carbocycles. The van der Waals surface area contributed by atoms with Crippen LogP contribution in [0.1, 0.15) is 31.2 Å². The number of benzene rings is 2. The van der Waals surface area contributed by atoms with Gasteiger partial charge in [-0.05, 0) is 30.5 Å². The monoisotopic (exact) mass is 446 g/mol. The molecule has 2 aromatic carbocycles. The first-order valence-electron chi connectivity index (χ1n) is 10.5. The predicted molar refractivity (Wildman–Crippen MR) is 119 cm³/mol. The molecule has 0 bridgehead atoms. The number of nitrogens with zero attached hydrogens (tertiary/aromatic N) is 2. The molecule has 2 aromatic rings. The fourth-order valence-corrected chi connectivity index (χ4v) is 5.10. The average molecular weight is 447 g/mol. The van der Waals surface area contributed by atoms with Crippen molar-refractivity contribution in [3.63, 3.8) is 0 Å². The second-order valence-corrected chi connectivity index (χ2v) is 9.51. The second-order valence-electron chi connectivity index (χ2n) is 7.57. The quantitative estimate of drug-likeness (QED) is 0.622. The third-order valence-corrected chi connectivity index (χ3v) is 7.25. The molecule has 0 radical (unpaired) electrons. The van der Waals surface area contributed by atoms with Gasteiger partial charge in [0.05, 0.1) is 25.7 Å². The first kappa shape index (κ1) is 23.1. The number of hydrogen-bond donors (Lipinski definition) is 0. The van der Waals surface area contributed by atoms with Crippen molar-refractivity contribution in [1.29, 1.82) is 0 Å². The van der Waals surface area contributed by atoms with Crippen LogP contribution in [0.4, 0.5) is 0 Å². The number of methoxy groups -OCH3 is 2. The van der Waals surface area contributed by atoms with Gasteiger partial charge in [-0.15, -0.1) is 0 Å². The van der Waals surface area contributed by atoms with E-state index in [1.165, 1.54) is 30.7 Å². The lowest BCUT2D eigenvalue weighted by atomic mass is 10.2. The Labute approximate surface area is 184 Å². The summed E-state index contributed by atoms with van der Waals surface area (Å²) >= 11 is 0. The van der Waals surface area contributed by atoms with Crippen molar-refractivity contribution in [3.05, 3.63) is 54.1 Å². The van der Waals surface area contributed by atoms with Crippen LogP contribution in [0.3, 0.4) is 0 Å². The predicted octanol–water partition coefficient (Wildman–Crippen LogP) is 3.30. The largest absolute Gasteiger partial charge is 0.493 e. The summed E-state index contributed by atoms with van der Waals surface area (Å²) in [6.45, 7) is 1.26. The Morgan fingerprint density at radius 2 is 1.58 bits per heavy atom. The molecule has 3 rings (SSSR count). The van der Waals surface area contributed by atoms with Crippen molar-refractivity contribution in [2.75, 3.05) is 33.9 Å². The van der Waals surface area contributed by atoms with Gasteiger partial charge in [0.25, 0.3) is 0 Å². The van der Waals surface area contributed by atoms with Gasteiger partial charge < -0.3 is 14.4 Å². The van der Waals surface area contributed by atoms with E-state index in [1.54, 1.807) is 11.0 Å². The zero-order chi connectivity index (χ0) is 22.3. The minimum atomic E-state index is -3.95. The van der Waals surface area contributed by atoms with E-state index < -0.39 is 10.0 Å². The molecule has 0 atom stereocenters. The summed E-state index contributed by atoms with van der Waals surface area (Å²) < 4.78 is 38.8. The SMILES string of the molecule is COc1ccc(S(=O)(=O)N(CC(=O)N2CCCCCC2)Cc2ccccc2)cc1OC. The van der Waals surface area contributed by atoms with Crippen LogP contribution in [0, 0.1) is 0 Å². The molecule has 0 spiro atoms. The Kier molecular flexibility index (Phi) is 7.92.